The number of thioether (sulfide) groups is 1. The van der Waals surface area contributed by atoms with Crippen molar-refractivity contribution < 1.29 is 24.5 Å². The number of ether oxygens (including phenoxy) is 2. The van der Waals surface area contributed by atoms with E-state index in [4.69, 9.17) is 14.6 Å². The number of hydrogen-bond donors (Lipinski definition) is 2. The quantitative estimate of drug-likeness (QED) is 0.842. The Balaban J connectivity index is 2.46. The number of carboxylic acids is 1. The number of nitrogens with zero attached hydrogens (tertiary/aromatic N) is 1. The number of methoxy groups -OCH3 is 1. The van der Waals surface area contributed by atoms with Gasteiger partial charge in [-0.25, -0.2) is 9.78 Å². The highest BCUT2D eigenvalue weighted by atomic mass is 32.2. The van der Waals surface area contributed by atoms with Gasteiger partial charge in [0.25, 0.3) is 0 Å². The molecule has 0 aliphatic carbocycles. The first-order chi connectivity index (χ1) is 8.13. The van der Waals surface area contributed by atoms with Gasteiger partial charge < -0.3 is 19.7 Å². The third-order valence-corrected chi connectivity index (χ3v) is 3.35. The lowest BCUT2D eigenvalue weighted by molar-refractivity contribution is 0.0684. The minimum atomic E-state index is -1.30. The van der Waals surface area contributed by atoms with Crippen LogP contribution < -0.4 is 4.74 Å². The summed E-state index contributed by atoms with van der Waals surface area (Å²) in [6.45, 7) is 0.600. The highest BCUT2D eigenvalue weighted by Gasteiger charge is 2.25. The third kappa shape index (κ3) is 2.29. The van der Waals surface area contributed by atoms with Crippen molar-refractivity contribution in [3.05, 3.63) is 17.5 Å². The molecule has 1 fully saturated rings. The van der Waals surface area contributed by atoms with Crippen molar-refractivity contribution in [2.45, 2.75) is 5.44 Å². The molecule has 1 aromatic rings. The molecule has 17 heavy (non-hydrogen) atoms. The molecule has 1 saturated heterocycles. The topological polar surface area (TPSA) is 88.9 Å². The van der Waals surface area contributed by atoms with E-state index in [0.29, 0.717) is 12.3 Å². The Morgan fingerprint density at radius 2 is 2.47 bits per heavy atom. The number of aromatic hydroxyl groups is 1. The van der Waals surface area contributed by atoms with E-state index in [2.05, 4.69) is 4.98 Å². The predicted molar refractivity (Wildman–Crippen MR) is 60.6 cm³/mol. The molecule has 2 heterocycles. The zero-order valence-electron chi connectivity index (χ0n) is 9.04. The molecule has 92 valence electrons. The van der Waals surface area contributed by atoms with Gasteiger partial charge in [0.1, 0.15) is 5.44 Å². The summed E-state index contributed by atoms with van der Waals surface area (Å²) in [6.07, 6.45) is 0. The molecular formula is C10H11NO5S. The molecule has 0 aromatic carbocycles. The van der Waals surface area contributed by atoms with Crippen LogP contribution in [0, 0.1) is 0 Å². The number of pyridine rings is 1. The van der Waals surface area contributed by atoms with Gasteiger partial charge in [0.05, 0.1) is 19.4 Å². The van der Waals surface area contributed by atoms with Crippen molar-refractivity contribution in [3.63, 3.8) is 0 Å². The normalized spacial score (nSPS) is 19.2. The van der Waals surface area contributed by atoms with E-state index in [-0.39, 0.29) is 11.2 Å². The summed E-state index contributed by atoms with van der Waals surface area (Å²) >= 11 is 1.53. The summed E-state index contributed by atoms with van der Waals surface area (Å²) in [7, 11) is 1.35. The van der Waals surface area contributed by atoms with E-state index < -0.39 is 17.4 Å². The van der Waals surface area contributed by atoms with Crippen LogP contribution >= 0.6 is 11.8 Å². The molecule has 7 heteroatoms. The minimum Gasteiger partial charge on any atom is -0.503 e. The SMILES string of the molecule is COc1cc(C2OCCS2)nc(C(=O)O)c1O. The molecule has 0 spiro atoms. The van der Waals surface area contributed by atoms with Crippen LogP contribution in [-0.2, 0) is 4.74 Å². The second-order valence-corrected chi connectivity index (χ2v) is 4.49. The van der Waals surface area contributed by atoms with Gasteiger partial charge in [-0.1, -0.05) is 0 Å². The number of aromatic carboxylic acids is 1. The van der Waals surface area contributed by atoms with Gasteiger partial charge in [0.15, 0.2) is 17.2 Å². The van der Waals surface area contributed by atoms with E-state index in [1.54, 1.807) is 0 Å². The van der Waals surface area contributed by atoms with Crippen LogP contribution in [0.15, 0.2) is 6.07 Å². The van der Waals surface area contributed by atoms with Crippen molar-refractivity contribution in [2.75, 3.05) is 19.5 Å². The minimum absolute atomic E-state index is 0.0866. The van der Waals surface area contributed by atoms with E-state index in [0.717, 1.165) is 5.75 Å². The fraction of sp³-hybridized carbons (Fsp3) is 0.400. The van der Waals surface area contributed by atoms with E-state index >= 15 is 0 Å². The molecular weight excluding hydrogens is 246 g/mol. The van der Waals surface area contributed by atoms with Crippen LogP contribution in [0.25, 0.3) is 0 Å². The summed E-state index contributed by atoms with van der Waals surface area (Å²) in [4.78, 5) is 14.8. The smallest absolute Gasteiger partial charge is 0.358 e. The molecule has 0 bridgehead atoms. The Bertz CT molecular complexity index is 445. The first kappa shape index (κ1) is 12.0. The summed E-state index contributed by atoms with van der Waals surface area (Å²) in [6, 6.07) is 1.49. The van der Waals surface area contributed by atoms with Gasteiger partial charge in [-0.2, -0.15) is 0 Å². The molecule has 0 amide bonds. The Labute approximate surface area is 102 Å². The zero-order chi connectivity index (χ0) is 12.4. The van der Waals surface area contributed by atoms with E-state index in [1.807, 2.05) is 0 Å². The summed E-state index contributed by atoms with van der Waals surface area (Å²) in [5.41, 5.74) is -0.280. The van der Waals surface area contributed by atoms with Crippen LogP contribution in [0.1, 0.15) is 21.6 Å². The van der Waals surface area contributed by atoms with Crippen molar-refractivity contribution in [1.29, 1.82) is 0 Å². The molecule has 0 radical (unpaired) electrons. The maximum atomic E-state index is 10.9. The Hall–Kier alpha value is -1.47. The monoisotopic (exact) mass is 257 g/mol. The molecule has 1 aliphatic heterocycles. The number of carbonyl (C=O) groups is 1. The Kier molecular flexibility index (Phi) is 3.39. The Morgan fingerprint density at radius 3 is 3.00 bits per heavy atom. The van der Waals surface area contributed by atoms with Crippen molar-refractivity contribution in [3.8, 4) is 11.5 Å². The second-order valence-electron chi connectivity index (χ2n) is 3.33. The lowest BCUT2D eigenvalue weighted by atomic mass is 10.2. The zero-order valence-corrected chi connectivity index (χ0v) is 9.86. The first-order valence-corrected chi connectivity index (χ1v) is 5.92. The number of hydrogen-bond acceptors (Lipinski definition) is 6. The largest absolute Gasteiger partial charge is 0.503 e. The summed E-state index contributed by atoms with van der Waals surface area (Å²) in [5, 5.41) is 18.5. The maximum absolute atomic E-state index is 10.9. The number of aromatic nitrogens is 1. The number of rotatable bonds is 3. The van der Waals surface area contributed by atoms with Crippen LogP contribution in [0.4, 0.5) is 0 Å². The van der Waals surface area contributed by atoms with Crippen LogP contribution in [0.3, 0.4) is 0 Å². The van der Waals surface area contributed by atoms with Gasteiger partial charge >= 0.3 is 5.97 Å². The second kappa shape index (κ2) is 4.80. The third-order valence-electron chi connectivity index (χ3n) is 2.26. The first-order valence-electron chi connectivity index (χ1n) is 4.88. The highest BCUT2D eigenvalue weighted by Crippen LogP contribution is 2.38. The lowest BCUT2D eigenvalue weighted by Gasteiger charge is -2.12. The lowest BCUT2D eigenvalue weighted by Crippen LogP contribution is -2.07. The van der Waals surface area contributed by atoms with Crippen LogP contribution in [0.2, 0.25) is 0 Å². The molecule has 1 aliphatic rings. The predicted octanol–water partition coefficient (Wildman–Crippen LogP) is 1.26. The van der Waals surface area contributed by atoms with Crippen molar-refractivity contribution in [2.24, 2.45) is 0 Å². The fourth-order valence-corrected chi connectivity index (χ4v) is 2.38. The van der Waals surface area contributed by atoms with E-state index in [9.17, 15) is 9.90 Å². The van der Waals surface area contributed by atoms with Gasteiger partial charge in [0, 0.05) is 11.8 Å². The molecule has 6 nitrogen and oxygen atoms in total. The van der Waals surface area contributed by atoms with Gasteiger partial charge in [-0.15, -0.1) is 11.8 Å². The number of carboxylic acid groups (broad SMARTS) is 1. The molecule has 1 aromatic heterocycles. The van der Waals surface area contributed by atoms with Crippen molar-refractivity contribution in [1.82, 2.24) is 4.98 Å². The van der Waals surface area contributed by atoms with E-state index in [1.165, 1.54) is 24.9 Å². The van der Waals surface area contributed by atoms with Gasteiger partial charge in [-0.05, 0) is 0 Å². The average Bonchev–Trinajstić information content (AvgIpc) is 2.82. The van der Waals surface area contributed by atoms with Gasteiger partial charge in [0.2, 0.25) is 0 Å². The fourth-order valence-electron chi connectivity index (χ4n) is 1.49. The summed E-state index contributed by atoms with van der Waals surface area (Å²) in [5.74, 6) is -0.848. The average molecular weight is 257 g/mol. The molecule has 0 saturated carbocycles. The van der Waals surface area contributed by atoms with Crippen LogP contribution in [-0.4, -0.2) is 40.6 Å². The molecule has 1 unspecified atom stereocenters. The molecule has 2 N–H and O–H groups in total. The van der Waals surface area contributed by atoms with Gasteiger partial charge in [-0.3, -0.25) is 0 Å². The maximum Gasteiger partial charge on any atom is 0.358 e. The highest BCUT2D eigenvalue weighted by molar-refractivity contribution is 7.99. The van der Waals surface area contributed by atoms with Crippen LogP contribution in [0.5, 0.6) is 11.5 Å². The van der Waals surface area contributed by atoms with Crippen molar-refractivity contribution >= 4 is 17.7 Å². The Morgan fingerprint density at radius 1 is 1.71 bits per heavy atom. The standard InChI is InChI=1S/C10H11NO5S/c1-15-6-4-5(10-16-2-3-17-10)11-7(8(6)12)9(13)14/h4,10,12H,2-3H2,1H3,(H,13,14). The molecule has 1 atom stereocenters. The summed E-state index contributed by atoms with van der Waals surface area (Å²) < 4.78 is 10.3. The molecule has 2 rings (SSSR count).